The average molecular weight is 234 g/mol. The van der Waals surface area contributed by atoms with Gasteiger partial charge in [-0.1, -0.05) is 0 Å². The molecule has 0 atom stereocenters. The Bertz CT molecular complexity index is 143. The van der Waals surface area contributed by atoms with Gasteiger partial charge in [0.2, 0.25) is 10.5 Å². The van der Waals surface area contributed by atoms with Gasteiger partial charge in [0.25, 0.3) is 0 Å². The van der Waals surface area contributed by atoms with Crippen LogP contribution in [0.2, 0.25) is 38.8 Å². The summed E-state index contributed by atoms with van der Waals surface area (Å²) in [6.07, 6.45) is 1.12. The van der Waals surface area contributed by atoms with Gasteiger partial charge < -0.3 is 8.54 Å². The average Bonchev–Trinajstić information content (AvgIpc) is 1.97. The molecule has 0 aliphatic carbocycles. The summed E-state index contributed by atoms with van der Waals surface area (Å²) in [6, 6.07) is 1.15. The highest BCUT2D eigenvalue weighted by molar-refractivity contribution is 6.73. The van der Waals surface area contributed by atoms with Crippen LogP contribution in [0.25, 0.3) is 0 Å². The molecule has 0 aromatic rings. The molecule has 0 saturated heterocycles. The van der Waals surface area contributed by atoms with Crippen molar-refractivity contribution in [2.75, 3.05) is 6.61 Å². The highest BCUT2D eigenvalue weighted by Gasteiger charge is 2.20. The quantitative estimate of drug-likeness (QED) is 0.518. The van der Waals surface area contributed by atoms with Gasteiger partial charge in [-0.05, 0) is 45.2 Å². The molecule has 0 N–H and O–H groups in total. The van der Waals surface area contributed by atoms with E-state index in [1.165, 1.54) is 0 Å². The first-order chi connectivity index (χ1) is 5.77. The van der Waals surface area contributed by atoms with Crippen molar-refractivity contribution in [1.29, 1.82) is 0 Å². The van der Waals surface area contributed by atoms with Gasteiger partial charge in [0.1, 0.15) is 0 Å². The van der Waals surface area contributed by atoms with Crippen LogP contribution in [-0.4, -0.2) is 33.7 Å². The van der Waals surface area contributed by atoms with Crippen LogP contribution in [0.5, 0.6) is 0 Å². The Labute approximate surface area is 87.8 Å². The fourth-order valence-electron chi connectivity index (χ4n) is 0.927. The molecule has 0 aromatic carbocycles. The highest BCUT2D eigenvalue weighted by atomic mass is 28.4. The predicted octanol–water partition coefficient (Wildman–Crippen LogP) is 2.53. The van der Waals surface area contributed by atoms with Crippen LogP contribution in [0.3, 0.4) is 0 Å². The number of hydrogen-bond donors (Lipinski definition) is 0. The van der Waals surface area contributed by atoms with Crippen molar-refractivity contribution in [3.05, 3.63) is 0 Å². The van der Waals surface area contributed by atoms with Crippen LogP contribution in [0.4, 0.5) is 0 Å². The molecule has 0 amide bonds. The maximum atomic E-state index is 5.76. The lowest BCUT2D eigenvalue weighted by Gasteiger charge is -2.22. The second kappa shape index (κ2) is 5.45. The van der Waals surface area contributed by atoms with E-state index in [1.807, 2.05) is 0 Å². The molecule has 77 valence electrons. The van der Waals surface area contributed by atoms with Crippen molar-refractivity contribution >= 4 is 27.1 Å². The van der Waals surface area contributed by atoms with Crippen LogP contribution in [-0.2, 0) is 8.54 Å². The molecular formula is C8H21O2Si3. The summed E-state index contributed by atoms with van der Waals surface area (Å²) in [6.45, 7) is 12.0. The van der Waals surface area contributed by atoms with Gasteiger partial charge in [0.05, 0.1) is 0 Å². The maximum absolute atomic E-state index is 5.76. The molecular weight excluding hydrogens is 212 g/mol. The van der Waals surface area contributed by atoms with Crippen LogP contribution in [0.15, 0.2) is 0 Å². The summed E-state index contributed by atoms with van der Waals surface area (Å²) in [5, 5.41) is 0. The van der Waals surface area contributed by atoms with Gasteiger partial charge in [0.15, 0.2) is 16.6 Å². The monoisotopic (exact) mass is 233 g/mol. The van der Waals surface area contributed by atoms with Gasteiger partial charge in [-0.3, -0.25) is 0 Å². The summed E-state index contributed by atoms with van der Waals surface area (Å²) in [4.78, 5) is 0. The molecule has 13 heavy (non-hydrogen) atoms. The Balaban J connectivity index is 3.47. The highest BCUT2D eigenvalue weighted by Crippen LogP contribution is 2.13. The van der Waals surface area contributed by atoms with E-state index in [-0.39, 0.29) is 0 Å². The molecule has 0 saturated carbocycles. The second-order valence-electron chi connectivity index (χ2n) is 4.93. The van der Waals surface area contributed by atoms with Gasteiger partial charge >= 0.3 is 0 Å². The smallest absolute Gasteiger partial charge is 0.230 e. The fourth-order valence-corrected chi connectivity index (χ4v) is 3.09. The third kappa shape index (κ3) is 8.89. The predicted molar refractivity (Wildman–Crippen MR) is 63.0 cm³/mol. The lowest BCUT2D eigenvalue weighted by atomic mass is 10.5. The summed E-state index contributed by atoms with van der Waals surface area (Å²) in [7, 11) is 0.413. The Morgan fingerprint density at radius 3 is 2.00 bits per heavy atom. The van der Waals surface area contributed by atoms with Crippen LogP contribution >= 0.6 is 0 Å². The van der Waals surface area contributed by atoms with Crippen molar-refractivity contribution < 1.29 is 8.54 Å². The zero-order chi connectivity index (χ0) is 10.5. The van der Waals surface area contributed by atoms with E-state index < -0.39 is 16.6 Å². The SMILES string of the molecule is C[Si](C)(C)OCCC[Si](C)(C)O[Si]. The fraction of sp³-hybridized carbons (Fsp3) is 1.00. The Morgan fingerprint density at radius 2 is 1.62 bits per heavy atom. The van der Waals surface area contributed by atoms with Gasteiger partial charge in [0, 0.05) is 6.61 Å². The summed E-state index contributed by atoms with van der Waals surface area (Å²) in [5.41, 5.74) is 0. The molecule has 0 rings (SSSR count). The van der Waals surface area contributed by atoms with Gasteiger partial charge in [-0.25, -0.2) is 0 Å². The van der Waals surface area contributed by atoms with E-state index in [0.29, 0.717) is 0 Å². The van der Waals surface area contributed by atoms with Crippen molar-refractivity contribution in [2.24, 2.45) is 0 Å². The van der Waals surface area contributed by atoms with E-state index in [4.69, 9.17) is 8.54 Å². The first kappa shape index (κ1) is 13.6. The molecule has 2 nitrogen and oxygen atoms in total. The van der Waals surface area contributed by atoms with E-state index in [0.717, 1.165) is 19.1 Å². The Hall–Kier alpha value is 0.571. The zero-order valence-electron chi connectivity index (χ0n) is 9.44. The first-order valence-corrected chi connectivity index (χ1v) is 11.7. The van der Waals surface area contributed by atoms with Crippen LogP contribution in [0, 0.1) is 0 Å². The molecule has 0 aromatic heterocycles. The Kier molecular flexibility index (Phi) is 5.69. The van der Waals surface area contributed by atoms with Gasteiger partial charge in [-0.15, -0.1) is 0 Å². The largest absolute Gasteiger partial charge is 0.457 e. The third-order valence-corrected chi connectivity index (χ3v) is 6.57. The molecule has 0 heterocycles. The lowest BCUT2D eigenvalue weighted by Crippen LogP contribution is -2.31. The van der Waals surface area contributed by atoms with E-state index in [2.05, 4.69) is 43.2 Å². The number of hydrogen-bond acceptors (Lipinski definition) is 2. The molecule has 0 unspecified atom stereocenters. The number of rotatable bonds is 6. The summed E-state index contributed by atoms with van der Waals surface area (Å²) in [5.74, 6) is 0. The van der Waals surface area contributed by atoms with Crippen molar-refractivity contribution in [3.8, 4) is 0 Å². The first-order valence-electron chi connectivity index (χ1n) is 4.75. The summed E-state index contributed by atoms with van der Waals surface area (Å²) < 4.78 is 11.0. The zero-order valence-corrected chi connectivity index (χ0v) is 12.4. The lowest BCUT2D eigenvalue weighted by molar-refractivity contribution is 0.309. The minimum Gasteiger partial charge on any atom is -0.457 e. The van der Waals surface area contributed by atoms with Crippen molar-refractivity contribution in [3.63, 3.8) is 0 Å². The molecule has 3 radical (unpaired) electrons. The maximum Gasteiger partial charge on any atom is 0.230 e. The van der Waals surface area contributed by atoms with Crippen LogP contribution < -0.4 is 0 Å². The third-order valence-electron chi connectivity index (χ3n) is 1.73. The van der Waals surface area contributed by atoms with Crippen molar-refractivity contribution in [1.82, 2.24) is 0 Å². The van der Waals surface area contributed by atoms with E-state index >= 15 is 0 Å². The molecule has 5 heteroatoms. The minimum absolute atomic E-state index is 0.891. The molecule has 0 fully saturated rings. The van der Waals surface area contributed by atoms with Crippen LogP contribution in [0.1, 0.15) is 6.42 Å². The second-order valence-corrected chi connectivity index (χ2v) is 14.3. The van der Waals surface area contributed by atoms with Gasteiger partial charge in [-0.2, -0.15) is 0 Å². The summed E-state index contributed by atoms with van der Waals surface area (Å²) >= 11 is 0. The Morgan fingerprint density at radius 1 is 1.08 bits per heavy atom. The van der Waals surface area contributed by atoms with Crippen molar-refractivity contribution in [2.45, 2.75) is 45.2 Å². The normalized spacial score (nSPS) is 13.4. The molecule has 0 aliphatic rings. The van der Waals surface area contributed by atoms with E-state index in [9.17, 15) is 0 Å². The standard InChI is InChI=1S/C8H21O2Si3/c1-12(2,3)9-7-6-8-13(4,5)10-11/h6-8H2,1-5H3. The minimum atomic E-state index is -1.42. The molecule has 0 bridgehead atoms. The molecule has 0 spiro atoms. The molecule has 0 aliphatic heterocycles. The van der Waals surface area contributed by atoms with E-state index in [1.54, 1.807) is 0 Å². The topological polar surface area (TPSA) is 18.5 Å².